The third-order valence-electron chi connectivity index (χ3n) is 12.1. The van der Waals surface area contributed by atoms with Crippen molar-refractivity contribution in [2.75, 3.05) is 18.4 Å². The minimum atomic E-state index is -0.624. The van der Waals surface area contributed by atoms with Gasteiger partial charge in [-0.1, -0.05) is 61.4 Å². The van der Waals surface area contributed by atoms with Crippen molar-refractivity contribution in [2.24, 2.45) is 5.41 Å². The van der Waals surface area contributed by atoms with Crippen LogP contribution in [0.3, 0.4) is 0 Å². The zero-order chi connectivity index (χ0) is 40.1. The van der Waals surface area contributed by atoms with Crippen molar-refractivity contribution in [3.05, 3.63) is 83.8 Å². The third kappa shape index (κ3) is 8.18. The summed E-state index contributed by atoms with van der Waals surface area (Å²) < 4.78 is 11.3. The predicted octanol–water partition coefficient (Wildman–Crippen LogP) is 10.5. The van der Waals surface area contributed by atoms with Crippen molar-refractivity contribution in [3.8, 4) is 33.5 Å². The molecule has 0 unspecified atom stereocenters. The molecule has 300 valence electrons. The maximum absolute atomic E-state index is 13.6. The standard InChI is InChI=1S/C47H57N5O5/c1-45(2,3)56-43(54)51-24-10-14-39(51)41-48-29-38(50-41)31-18-16-30(17-19-31)34-20-21-35(37-28-47(27-36(34)37)22-7-8-23-47)32-12-9-13-33(26-32)49-42(53)40-15-11-25-52(40)44(55)57-46(4,5)6/h9,12-13,16-21,26,29,39-40H,7-8,10-11,14-15,22-25,27-28H2,1-6H3,(H,48,50)(H,49,53)/t39-,40-/m0/s1. The molecule has 2 aliphatic carbocycles. The van der Waals surface area contributed by atoms with Crippen molar-refractivity contribution in [1.82, 2.24) is 19.8 Å². The summed E-state index contributed by atoms with van der Waals surface area (Å²) in [7, 11) is 0. The number of amides is 3. The highest BCUT2D eigenvalue weighted by Gasteiger charge is 2.42. The molecule has 10 nitrogen and oxygen atoms in total. The van der Waals surface area contributed by atoms with Crippen LogP contribution in [0.25, 0.3) is 33.5 Å². The second-order valence-electron chi connectivity index (χ2n) is 18.7. The van der Waals surface area contributed by atoms with Crippen LogP contribution in [0, 0.1) is 5.41 Å². The Kier molecular flexibility index (Phi) is 10.2. The summed E-state index contributed by atoms with van der Waals surface area (Å²) in [5.74, 6) is 0.606. The lowest BCUT2D eigenvalue weighted by Crippen LogP contribution is -2.45. The maximum atomic E-state index is 13.6. The number of rotatable bonds is 6. The number of anilines is 1. The first kappa shape index (κ1) is 38.7. The lowest BCUT2D eigenvalue weighted by Gasteiger charge is -2.28. The van der Waals surface area contributed by atoms with Crippen LogP contribution in [-0.4, -0.2) is 68.2 Å². The van der Waals surface area contributed by atoms with Gasteiger partial charge >= 0.3 is 12.2 Å². The first-order valence-electron chi connectivity index (χ1n) is 20.9. The van der Waals surface area contributed by atoms with E-state index in [-0.39, 0.29) is 18.0 Å². The molecule has 0 bridgehead atoms. The zero-order valence-corrected chi connectivity index (χ0v) is 34.4. The maximum Gasteiger partial charge on any atom is 0.410 e. The smallest absolute Gasteiger partial charge is 0.410 e. The molecule has 3 heterocycles. The van der Waals surface area contributed by atoms with Crippen LogP contribution in [0.4, 0.5) is 15.3 Å². The highest BCUT2D eigenvalue weighted by atomic mass is 16.6. The lowest BCUT2D eigenvalue weighted by atomic mass is 9.82. The molecule has 3 fully saturated rings. The minimum Gasteiger partial charge on any atom is -0.444 e. The van der Waals surface area contributed by atoms with Crippen molar-refractivity contribution in [3.63, 3.8) is 0 Å². The summed E-state index contributed by atoms with van der Waals surface area (Å²) in [4.78, 5) is 51.0. The molecule has 3 aromatic carbocycles. The van der Waals surface area contributed by atoms with Crippen molar-refractivity contribution in [1.29, 1.82) is 0 Å². The summed E-state index contributed by atoms with van der Waals surface area (Å²) in [6, 6.07) is 20.8. The topological polar surface area (TPSA) is 117 Å². The van der Waals surface area contributed by atoms with Crippen molar-refractivity contribution >= 4 is 23.8 Å². The average molecular weight is 772 g/mol. The Morgan fingerprint density at radius 1 is 0.737 bits per heavy atom. The van der Waals surface area contributed by atoms with Gasteiger partial charge in [0.1, 0.15) is 23.1 Å². The van der Waals surface area contributed by atoms with Crippen LogP contribution < -0.4 is 5.32 Å². The Bertz CT molecular complexity index is 2150. The summed E-state index contributed by atoms with van der Waals surface area (Å²) in [5, 5.41) is 3.13. The second kappa shape index (κ2) is 15.0. The van der Waals surface area contributed by atoms with E-state index >= 15 is 0 Å². The molecule has 1 saturated carbocycles. The number of imidazole rings is 1. The molecule has 10 heteroatoms. The molecular weight excluding hydrogens is 715 g/mol. The van der Waals surface area contributed by atoms with Crippen LogP contribution in [0.1, 0.15) is 116 Å². The van der Waals surface area contributed by atoms with Crippen LogP contribution in [-0.2, 0) is 27.1 Å². The molecule has 2 aliphatic heterocycles. The van der Waals surface area contributed by atoms with Crippen LogP contribution in [0.15, 0.2) is 66.9 Å². The second-order valence-corrected chi connectivity index (χ2v) is 18.7. The van der Waals surface area contributed by atoms with E-state index in [2.05, 4.69) is 58.8 Å². The molecule has 2 saturated heterocycles. The van der Waals surface area contributed by atoms with E-state index < -0.39 is 23.3 Å². The number of hydrogen-bond acceptors (Lipinski definition) is 6. The van der Waals surface area contributed by atoms with E-state index in [0.29, 0.717) is 24.9 Å². The van der Waals surface area contributed by atoms with Gasteiger partial charge in [-0.25, -0.2) is 14.6 Å². The lowest BCUT2D eigenvalue weighted by molar-refractivity contribution is -0.120. The summed E-state index contributed by atoms with van der Waals surface area (Å²) >= 11 is 0. The van der Waals surface area contributed by atoms with E-state index in [0.717, 1.165) is 60.4 Å². The number of nitrogens with zero attached hydrogens (tertiary/aromatic N) is 3. The van der Waals surface area contributed by atoms with Gasteiger partial charge in [0.05, 0.1) is 17.9 Å². The number of hydrogen-bond donors (Lipinski definition) is 2. The van der Waals surface area contributed by atoms with Gasteiger partial charge in [0.15, 0.2) is 0 Å². The number of benzene rings is 3. The van der Waals surface area contributed by atoms with Crippen molar-refractivity contribution in [2.45, 2.75) is 129 Å². The number of aromatic amines is 1. The molecule has 2 atom stereocenters. The van der Waals surface area contributed by atoms with Gasteiger partial charge in [-0.15, -0.1) is 0 Å². The van der Waals surface area contributed by atoms with E-state index in [1.807, 2.05) is 59.9 Å². The highest BCUT2D eigenvalue weighted by Crippen LogP contribution is 2.53. The molecule has 57 heavy (non-hydrogen) atoms. The molecule has 4 aromatic rings. The van der Waals surface area contributed by atoms with Crippen LogP contribution >= 0.6 is 0 Å². The van der Waals surface area contributed by atoms with E-state index in [9.17, 15) is 14.4 Å². The Balaban J connectivity index is 1.03. The summed E-state index contributed by atoms with van der Waals surface area (Å²) in [6.07, 6.45) is 11.5. The van der Waals surface area contributed by atoms with Gasteiger partial charge in [0.25, 0.3) is 0 Å². The fraction of sp³-hybridized carbons (Fsp3) is 0.489. The minimum absolute atomic E-state index is 0.129. The van der Waals surface area contributed by atoms with Gasteiger partial charge in [0.2, 0.25) is 5.91 Å². The number of carbonyl (C=O) groups is 3. The number of fused-ring (bicyclic) bond motifs is 1. The van der Waals surface area contributed by atoms with Gasteiger partial charge in [-0.05, 0) is 149 Å². The predicted molar refractivity (Wildman–Crippen MR) is 223 cm³/mol. The number of H-pyrrole nitrogens is 1. The number of ether oxygens (including phenoxy) is 2. The normalized spacial score (nSPS) is 20.2. The molecule has 1 spiro atoms. The van der Waals surface area contributed by atoms with Gasteiger partial charge in [-0.3, -0.25) is 14.6 Å². The quantitative estimate of drug-likeness (QED) is 0.202. The number of nitrogens with one attached hydrogen (secondary N) is 2. The Morgan fingerprint density at radius 2 is 1.33 bits per heavy atom. The Morgan fingerprint density at radius 3 is 2.00 bits per heavy atom. The molecule has 3 amide bonds. The van der Waals surface area contributed by atoms with Gasteiger partial charge in [0, 0.05) is 18.8 Å². The zero-order valence-electron chi connectivity index (χ0n) is 34.4. The van der Waals surface area contributed by atoms with E-state index in [1.165, 1.54) is 53.5 Å². The third-order valence-corrected chi connectivity index (χ3v) is 12.1. The summed E-state index contributed by atoms with van der Waals surface area (Å²) in [5.41, 5.74) is 9.44. The molecule has 0 radical (unpaired) electrons. The number of aromatic nitrogens is 2. The monoisotopic (exact) mass is 771 g/mol. The van der Waals surface area contributed by atoms with E-state index in [4.69, 9.17) is 14.5 Å². The molecule has 1 aromatic heterocycles. The van der Waals surface area contributed by atoms with Crippen LogP contribution in [0.5, 0.6) is 0 Å². The van der Waals surface area contributed by atoms with Gasteiger partial charge < -0.3 is 19.8 Å². The molecule has 4 aliphatic rings. The first-order valence-corrected chi connectivity index (χ1v) is 20.9. The first-order chi connectivity index (χ1) is 27.2. The Hall–Kier alpha value is -5.12. The average Bonchev–Trinajstić information content (AvgIpc) is 4.00. The molecule has 2 N–H and O–H groups in total. The largest absolute Gasteiger partial charge is 0.444 e. The number of carbonyl (C=O) groups excluding carboxylic acids is 3. The fourth-order valence-electron chi connectivity index (χ4n) is 9.57. The van der Waals surface area contributed by atoms with Gasteiger partial charge in [-0.2, -0.15) is 0 Å². The SMILES string of the molecule is CC(C)(C)OC(=O)N1CCC[C@H]1C(=O)Nc1cccc(-c2ccc(-c3ccc(-c4cnc([C@@H]5CCCN5C(=O)OC(C)(C)C)[nH]4)cc3)c3c2CC2(CCCC2)C3)c1. The molecule has 8 rings (SSSR count). The highest BCUT2D eigenvalue weighted by molar-refractivity contribution is 5.97. The van der Waals surface area contributed by atoms with E-state index in [1.54, 1.807) is 9.80 Å². The van der Waals surface area contributed by atoms with Crippen LogP contribution in [0.2, 0.25) is 0 Å². The fourth-order valence-corrected chi connectivity index (χ4v) is 9.57. The number of likely N-dealkylation sites (tertiary alicyclic amines) is 2. The molecular formula is C47H57N5O5. The van der Waals surface area contributed by atoms with Crippen molar-refractivity contribution < 1.29 is 23.9 Å². The summed E-state index contributed by atoms with van der Waals surface area (Å²) in [6.45, 7) is 12.4. The Labute approximate surface area is 336 Å².